The SMILES string of the molecule is CCCc1cccc2c1OC(C(=O)O)C(OCCCOc1ccc(C(C)=O)c(OCC)c1C(C)C)C2. The molecule has 196 valence electrons. The van der Waals surface area contributed by atoms with E-state index in [0.29, 0.717) is 55.5 Å². The van der Waals surface area contributed by atoms with Crippen LogP contribution in [0.25, 0.3) is 0 Å². The lowest BCUT2D eigenvalue weighted by Gasteiger charge is -2.32. The summed E-state index contributed by atoms with van der Waals surface area (Å²) in [5.74, 6) is 0.981. The van der Waals surface area contributed by atoms with Crippen LogP contribution < -0.4 is 14.2 Å². The van der Waals surface area contributed by atoms with Crippen LogP contribution in [0.5, 0.6) is 17.2 Å². The van der Waals surface area contributed by atoms with Gasteiger partial charge in [-0.1, -0.05) is 45.4 Å². The van der Waals surface area contributed by atoms with Gasteiger partial charge in [0.2, 0.25) is 6.10 Å². The van der Waals surface area contributed by atoms with E-state index in [0.717, 1.165) is 29.5 Å². The first-order valence-corrected chi connectivity index (χ1v) is 12.8. The Bertz CT molecular complexity index is 1060. The van der Waals surface area contributed by atoms with Crippen molar-refractivity contribution in [3.05, 3.63) is 52.6 Å². The number of fused-ring (bicyclic) bond motifs is 1. The summed E-state index contributed by atoms with van der Waals surface area (Å²) in [4.78, 5) is 24.0. The molecule has 7 nitrogen and oxygen atoms in total. The average Bonchev–Trinajstić information content (AvgIpc) is 2.83. The molecule has 0 bridgehead atoms. The number of para-hydroxylation sites is 1. The van der Waals surface area contributed by atoms with Crippen molar-refractivity contribution in [2.75, 3.05) is 19.8 Å². The van der Waals surface area contributed by atoms with Gasteiger partial charge in [0.05, 0.1) is 25.4 Å². The second-order valence-corrected chi connectivity index (χ2v) is 9.35. The van der Waals surface area contributed by atoms with Crippen molar-refractivity contribution in [1.82, 2.24) is 0 Å². The molecule has 0 aliphatic carbocycles. The molecular formula is C29H38O7. The Hall–Kier alpha value is -3.06. The Balaban J connectivity index is 1.63. The molecule has 0 radical (unpaired) electrons. The molecule has 1 heterocycles. The van der Waals surface area contributed by atoms with Gasteiger partial charge in [-0.25, -0.2) is 4.79 Å². The molecule has 2 atom stereocenters. The Morgan fingerprint density at radius 3 is 2.53 bits per heavy atom. The zero-order chi connectivity index (χ0) is 26.2. The fourth-order valence-corrected chi connectivity index (χ4v) is 4.61. The van der Waals surface area contributed by atoms with Gasteiger partial charge in [0, 0.05) is 18.4 Å². The van der Waals surface area contributed by atoms with E-state index in [1.807, 2.05) is 45.0 Å². The highest BCUT2D eigenvalue weighted by atomic mass is 16.6. The summed E-state index contributed by atoms with van der Waals surface area (Å²) >= 11 is 0. The number of carbonyl (C=O) groups is 2. The number of benzene rings is 2. The minimum atomic E-state index is -1.04. The summed E-state index contributed by atoms with van der Waals surface area (Å²) in [6, 6.07) is 9.51. The Kier molecular flexibility index (Phi) is 9.76. The highest BCUT2D eigenvalue weighted by Crippen LogP contribution is 2.38. The van der Waals surface area contributed by atoms with Crippen molar-refractivity contribution in [3.8, 4) is 17.2 Å². The summed E-state index contributed by atoms with van der Waals surface area (Å²) < 4.78 is 23.8. The zero-order valence-electron chi connectivity index (χ0n) is 22.0. The van der Waals surface area contributed by atoms with E-state index in [9.17, 15) is 14.7 Å². The van der Waals surface area contributed by atoms with Gasteiger partial charge in [-0.05, 0) is 49.4 Å². The number of carboxylic acid groups (broad SMARTS) is 1. The van der Waals surface area contributed by atoms with Crippen molar-refractivity contribution >= 4 is 11.8 Å². The topological polar surface area (TPSA) is 91.3 Å². The third-order valence-electron chi connectivity index (χ3n) is 6.22. The van der Waals surface area contributed by atoms with Crippen LogP contribution in [0.4, 0.5) is 0 Å². The van der Waals surface area contributed by atoms with E-state index in [2.05, 4.69) is 6.92 Å². The molecule has 0 fully saturated rings. The van der Waals surface area contributed by atoms with Crippen LogP contribution in [0, 0.1) is 0 Å². The fourth-order valence-electron chi connectivity index (χ4n) is 4.61. The third kappa shape index (κ3) is 6.38. The normalized spacial score (nSPS) is 16.8. The standard InChI is InChI=1S/C29H38O7/c1-6-10-20-11-8-12-21-17-24(28(29(31)32)36-26(20)21)35-16-9-15-34-23-14-13-22(19(5)30)27(33-7-2)25(23)18(3)4/h8,11-14,18,24,28H,6-7,9-10,15-17H2,1-5H3,(H,31,32). The number of ether oxygens (including phenoxy) is 4. The van der Waals surface area contributed by atoms with Gasteiger partial charge >= 0.3 is 5.97 Å². The lowest BCUT2D eigenvalue weighted by Crippen LogP contribution is -2.45. The number of hydrogen-bond acceptors (Lipinski definition) is 6. The van der Waals surface area contributed by atoms with Gasteiger partial charge in [0.1, 0.15) is 23.4 Å². The van der Waals surface area contributed by atoms with Crippen LogP contribution in [0.3, 0.4) is 0 Å². The van der Waals surface area contributed by atoms with Crippen molar-refractivity contribution in [2.45, 2.75) is 78.4 Å². The van der Waals surface area contributed by atoms with Crippen LogP contribution in [0.15, 0.2) is 30.3 Å². The van der Waals surface area contributed by atoms with Crippen molar-refractivity contribution in [1.29, 1.82) is 0 Å². The molecule has 1 N–H and O–H groups in total. The van der Waals surface area contributed by atoms with Gasteiger partial charge in [-0.3, -0.25) is 4.79 Å². The Morgan fingerprint density at radius 1 is 1.11 bits per heavy atom. The molecular weight excluding hydrogens is 460 g/mol. The first-order chi connectivity index (χ1) is 17.3. The third-order valence-corrected chi connectivity index (χ3v) is 6.22. The Morgan fingerprint density at radius 2 is 1.89 bits per heavy atom. The second kappa shape index (κ2) is 12.8. The molecule has 36 heavy (non-hydrogen) atoms. The van der Waals surface area contributed by atoms with Crippen LogP contribution in [-0.2, 0) is 22.4 Å². The molecule has 0 spiro atoms. The highest BCUT2D eigenvalue weighted by Gasteiger charge is 2.37. The maximum atomic E-state index is 12.1. The lowest BCUT2D eigenvalue weighted by molar-refractivity contribution is -0.154. The van der Waals surface area contributed by atoms with Gasteiger partial charge < -0.3 is 24.1 Å². The maximum Gasteiger partial charge on any atom is 0.347 e. The average molecular weight is 499 g/mol. The highest BCUT2D eigenvalue weighted by molar-refractivity contribution is 5.97. The molecule has 2 aromatic rings. The molecule has 0 saturated heterocycles. The molecule has 0 aromatic heterocycles. The molecule has 2 unspecified atom stereocenters. The zero-order valence-corrected chi connectivity index (χ0v) is 22.0. The summed E-state index contributed by atoms with van der Waals surface area (Å²) in [5.41, 5.74) is 3.44. The van der Waals surface area contributed by atoms with E-state index in [-0.39, 0.29) is 11.7 Å². The predicted molar refractivity (Wildman–Crippen MR) is 138 cm³/mol. The summed E-state index contributed by atoms with van der Waals surface area (Å²) in [6.07, 6.45) is 1.25. The maximum absolute atomic E-state index is 12.1. The summed E-state index contributed by atoms with van der Waals surface area (Å²) in [7, 11) is 0. The lowest BCUT2D eigenvalue weighted by atomic mass is 9.95. The minimum absolute atomic E-state index is 0.0497. The number of hydrogen-bond donors (Lipinski definition) is 1. The molecule has 0 amide bonds. The summed E-state index contributed by atoms with van der Waals surface area (Å²) in [6.45, 7) is 10.8. The fraction of sp³-hybridized carbons (Fsp3) is 0.517. The number of aliphatic carboxylic acids is 1. The number of Topliss-reactive ketones (excluding diaryl/α,β-unsaturated/α-hetero) is 1. The molecule has 2 aromatic carbocycles. The number of carboxylic acids is 1. The van der Waals surface area contributed by atoms with Crippen LogP contribution >= 0.6 is 0 Å². The van der Waals surface area contributed by atoms with E-state index < -0.39 is 18.2 Å². The smallest absolute Gasteiger partial charge is 0.347 e. The van der Waals surface area contributed by atoms with Crippen molar-refractivity contribution < 1.29 is 33.6 Å². The van der Waals surface area contributed by atoms with E-state index in [4.69, 9.17) is 18.9 Å². The number of rotatable bonds is 13. The molecule has 0 saturated carbocycles. The first kappa shape index (κ1) is 27.5. The van der Waals surface area contributed by atoms with Crippen molar-refractivity contribution in [3.63, 3.8) is 0 Å². The molecule has 1 aliphatic heterocycles. The van der Waals surface area contributed by atoms with Gasteiger partial charge in [-0.2, -0.15) is 0 Å². The van der Waals surface area contributed by atoms with Gasteiger partial charge in [-0.15, -0.1) is 0 Å². The van der Waals surface area contributed by atoms with Crippen LogP contribution in [-0.4, -0.2) is 48.9 Å². The quantitative estimate of drug-likeness (QED) is 0.284. The second-order valence-electron chi connectivity index (χ2n) is 9.35. The largest absolute Gasteiger partial charge is 0.493 e. The first-order valence-electron chi connectivity index (χ1n) is 12.8. The molecule has 7 heteroatoms. The summed E-state index contributed by atoms with van der Waals surface area (Å²) in [5, 5.41) is 9.75. The van der Waals surface area contributed by atoms with E-state index in [1.54, 1.807) is 6.07 Å². The van der Waals surface area contributed by atoms with Crippen LogP contribution in [0.2, 0.25) is 0 Å². The number of ketones is 1. The number of carbonyl (C=O) groups excluding carboxylic acids is 1. The minimum Gasteiger partial charge on any atom is -0.493 e. The van der Waals surface area contributed by atoms with E-state index in [1.165, 1.54) is 6.92 Å². The molecule has 1 aliphatic rings. The Labute approximate surface area is 213 Å². The monoisotopic (exact) mass is 498 g/mol. The van der Waals surface area contributed by atoms with E-state index >= 15 is 0 Å². The molecule has 3 rings (SSSR count). The predicted octanol–water partition coefficient (Wildman–Crippen LogP) is 5.61. The van der Waals surface area contributed by atoms with Gasteiger partial charge in [0.15, 0.2) is 5.78 Å². The van der Waals surface area contributed by atoms with Gasteiger partial charge in [0.25, 0.3) is 0 Å². The van der Waals surface area contributed by atoms with Crippen LogP contribution in [0.1, 0.15) is 80.4 Å². The van der Waals surface area contributed by atoms with Crippen molar-refractivity contribution in [2.24, 2.45) is 0 Å². The number of aryl methyl sites for hydroxylation is 1.